The van der Waals surface area contributed by atoms with Gasteiger partial charge in [-0.25, -0.2) is 0 Å². The van der Waals surface area contributed by atoms with Crippen molar-refractivity contribution in [1.29, 1.82) is 0 Å². The van der Waals surface area contributed by atoms with Crippen LogP contribution in [-0.2, 0) is 4.79 Å². The standard InChI is InChI=1S/C29H22Cl2N2O4/c30-23-9-4-18(5-10-23)19-6-11-25(12-7-19)33-29(37)22-14-21(15-24(31)16-22)20-8-13-26(32-17-20)27(34)2-1-3-28(35)36/h4-17H,1-3H2,(H,33,37)(H,35,36). The number of benzene rings is 3. The summed E-state index contributed by atoms with van der Waals surface area (Å²) in [7, 11) is 0. The number of nitrogens with zero attached hydrogens (tertiary/aromatic N) is 1. The van der Waals surface area contributed by atoms with Gasteiger partial charge in [-0.1, -0.05) is 53.5 Å². The molecule has 1 amide bonds. The minimum absolute atomic E-state index is 0.0658. The Morgan fingerprint density at radius 2 is 1.38 bits per heavy atom. The van der Waals surface area contributed by atoms with Gasteiger partial charge in [-0.2, -0.15) is 0 Å². The van der Waals surface area contributed by atoms with Crippen LogP contribution in [-0.4, -0.2) is 27.8 Å². The number of carbonyl (C=O) groups excluding carboxylic acids is 2. The third-order valence-electron chi connectivity index (χ3n) is 5.66. The van der Waals surface area contributed by atoms with Crippen LogP contribution in [0.25, 0.3) is 22.3 Å². The second kappa shape index (κ2) is 11.8. The highest BCUT2D eigenvalue weighted by Crippen LogP contribution is 2.27. The highest BCUT2D eigenvalue weighted by Gasteiger charge is 2.13. The number of ketones is 1. The van der Waals surface area contributed by atoms with E-state index in [-0.39, 0.29) is 36.6 Å². The summed E-state index contributed by atoms with van der Waals surface area (Å²) < 4.78 is 0. The molecule has 0 bridgehead atoms. The number of hydrogen-bond donors (Lipinski definition) is 2. The molecule has 0 saturated carbocycles. The molecule has 0 aliphatic rings. The molecule has 4 aromatic rings. The van der Waals surface area contributed by atoms with E-state index in [0.29, 0.717) is 32.4 Å². The molecule has 8 heteroatoms. The van der Waals surface area contributed by atoms with Crippen molar-refractivity contribution in [2.75, 3.05) is 5.32 Å². The first-order chi connectivity index (χ1) is 17.8. The number of nitrogens with one attached hydrogen (secondary N) is 1. The number of halogens is 2. The first-order valence-corrected chi connectivity index (χ1v) is 12.2. The van der Waals surface area contributed by atoms with E-state index in [1.165, 1.54) is 6.20 Å². The van der Waals surface area contributed by atoms with E-state index in [2.05, 4.69) is 10.3 Å². The molecule has 6 nitrogen and oxygen atoms in total. The normalized spacial score (nSPS) is 10.6. The lowest BCUT2D eigenvalue weighted by atomic mass is 10.0. The molecule has 0 unspecified atom stereocenters. The maximum Gasteiger partial charge on any atom is 0.303 e. The second-order valence-electron chi connectivity index (χ2n) is 8.37. The van der Waals surface area contributed by atoms with Gasteiger partial charge < -0.3 is 10.4 Å². The average molecular weight is 533 g/mol. The summed E-state index contributed by atoms with van der Waals surface area (Å²) in [6, 6.07) is 23.3. The largest absolute Gasteiger partial charge is 0.481 e. The van der Waals surface area contributed by atoms with Gasteiger partial charge in [0, 0.05) is 45.9 Å². The number of aromatic nitrogens is 1. The first kappa shape index (κ1) is 26.1. The lowest BCUT2D eigenvalue weighted by molar-refractivity contribution is -0.137. The predicted molar refractivity (Wildman–Crippen MR) is 145 cm³/mol. The van der Waals surface area contributed by atoms with Crippen molar-refractivity contribution in [3.05, 3.63) is 106 Å². The van der Waals surface area contributed by atoms with Crippen LogP contribution in [0.4, 0.5) is 5.69 Å². The summed E-state index contributed by atoms with van der Waals surface area (Å²) in [5.74, 6) is -1.48. The minimum Gasteiger partial charge on any atom is -0.481 e. The van der Waals surface area contributed by atoms with E-state index < -0.39 is 5.97 Å². The lowest BCUT2D eigenvalue weighted by Gasteiger charge is -2.10. The Balaban J connectivity index is 1.45. The van der Waals surface area contributed by atoms with E-state index in [9.17, 15) is 14.4 Å². The number of aliphatic carboxylic acids is 1. The zero-order valence-electron chi connectivity index (χ0n) is 19.6. The summed E-state index contributed by atoms with van der Waals surface area (Å²) >= 11 is 12.3. The Hall–Kier alpha value is -4.00. The number of amides is 1. The van der Waals surface area contributed by atoms with Crippen molar-refractivity contribution in [3.8, 4) is 22.3 Å². The van der Waals surface area contributed by atoms with Crippen LogP contribution in [0.1, 0.15) is 40.1 Å². The van der Waals surface area contributed by atoms with Gasteiger partial charge in [-0.15, -0.1) is 0 Å². The fraction of sp³-hybridized carbons (Fsp3) is 0.103. The molecular formula is C29H22Cl2N2O4. The fourth-order valence-corrected chi connectivity index (χ4v) is 4.10. The van der Waals surface area contributed by atoms with Crippen molar-refractivity contribution >= 4 is 46.5 Å². The van der Waals surface area contributed by atoms with Gasteiger partial charge in [0.05, 0.1) is 0 Å². The number of carboxylic acid groups (broad SMARTS) is 1. The smallest absolute Gasteiger partial charge is 0.303 e. The SMILES string of the molecule is O=C(O)CCCC(=O)c1ccc(-c2cc(Cl)cc(C(=O)Nc3ccc(-c4ccc(Cl)cc4)cc3)c2)cn1. The molecule has 0 saturated heterocycles. The molecule has 0 aliphatic heterocycles. The molecule has 37 heavy (non-hydrogen) atoms. The van der Waals surface area contributed by atoms with Gasteiger partial charge in [-0.3, -0.25) is 19.4 Å². The number of Topliss-reactive ketones (excluding diaryl/α,β-unsaturated/α-hetero) is 1. The fourth-order valence-electron chi connectivity index (χ4n) is 3.74. The van der Waals surface area contributed by atoms with Gasteiger partial charge >= 0.3 is 5.97 Å². The van der Waals surface area contributed by atoms with Gasteiger partial charge in [-0.05, 0) is 71.6 Å². The van der Waals surface area contributed by atoms with Crippen LogP contribution in [0.15, 0.2) is 85.1 Å². The second-order valence-corrected chi connectivity index (χ2v) is 9.24. The lowest BCUT2D eigenvalue weighted by Crippen LogP contribution is -2.12. The van der Waals surface area contributed by atoms with Gasteiger partial charge in [0.1, 0.15) is 5.69 Å². The van der Waals surface area contributed by atoms with Crippen molar-refractivity contribution < 1.29 is 19.5 Å². The van der Waals surface area contributed by atoms with Crippen LogP contribution in [0, 0.1) is 0 Å². The molecule has 186 valence electrons. The molecule has 0 radical (unpaired) electrons. The summed E-state index contributed by atoms with van der Waals surface area (Å²) in [5.41, 5.74) is 4.64. The van der Waals surface area contributed by atoms with Crippen LogP contribution in [0.2, 0.25) is 10.0 Å². The molecule has 0 spiro atoms. The maximum absolute atomic E-state index is 12.9. The third kappa shape index (κ3) is 7.03. The first-order valence-electron chi connectivity index (χ1n) is 11.5. The van der Waals surface area contributed by atoms with Crippen LogP contribution in [0.3, 0.4) is 0 Å². The van der Waals surface area contributed by atoms with Crippen LogP contribution < -0.4 is 5.32 Å². The number of rotatable bonds is 9. The van der Waals surface area contributed by atoms with Gasteiger partial charge in [0.2, 0.25) is 0 Å². The topological polar surface area (TPSA) is 96.4 Å². The molecule has 0 aliphatic carbocycles. The van der Waals surface area contributed by atoms with E-state index in [1.54, 1.807) is 30.3 Å². The molecule has 4 rings (SSSR count). The Labute approximate surface area is 223 Å². The maximum atomic E-state index is 12.9. The Morgan fingerprint density at radius 1 is 0.730 bits per heavy atom. The summed E-state index contributed by atoms with van der Waals surface area (Å²) in [6.45, 7) is 0. The zero-order valence-corrected chi connectivity index (χ0v) is 21.1. The molecule has 2 N–H and O–H groups in total. The monoisotopic (exact) mass is 532 g/mol. The highest BCUT2D eigenvalue weighted by molar-refractivity contribution is 6.31. The Kier molecular flexibility index (Phi) is 8.33. The van der Waals surface area contributed by atoms with Crippen molar-refractivity contribution in [2.45, 2.75) is 19.3 Å². The number of hydrogen-bond acceptors (Lipinski definition) is 4. The molecule has 0 atom stereocenters. The van der Waals surface area contributed by atoms with Crippen LogP contribution >= 0.6 is 23.2 Å². The molecule has 1 heterocycles. The number of carboxylic acids is 1. The summed E-state index contributed by atoms with van der Waals surface area (Å²) in [5, 5.41) is 12.7. The van der Waals surface area contributed by atoms with Crippen molar-refractivity contribution in [2.24, 2.45) is 0 Å². The van der Waals surface area contributed by atoms with E-state index in [0.717, 1.165) is 11.1 Å². The van der Waals surface area contributed by atoms with E-state index in [4.69, 9.17) is 28.3 Å². The number of carbonyl (C=O) groups is 3. The van der Waals surface area contributed by atoms with E-state index in [1.807, 2.05) is 48.5 Å². The third-order valence-corrected chi connectivity index (χ3v) is 6.13. The summed E-state index contributed by atoms with van der Waals surface area (Å²) in [6.07, 6.45) is 1.84. The van der Waals surface area contributed by atoms with Crippen molar-refractivity contribution in [1.82, 2.24) is 4.98 Å². The summed E-state index contributed by atoms with van der Waals surface area (Å²) in [4.78, 5) is 40.0. The quantitative estimate of drug-likeness (QED) is 0.218. The predicted octanol–water partition coefficient (Wildman–Crippen LogP) is 7.41. The van der Waals surface area contributed by atoms with E-state index >= 15 is 0 Å². The van der Waals surface area contributed by atoms with Gasteiger partial charge in [0.25, 0.3) is 5.91 Å². The molecule has 0 fully saturated rings. The Morgan fingerprint density at radius 3 is 2.00 bits per heavy atom. The molecule has 3 aromatic carbocycles. The molecule has 1 aromatic heterocycles. The number of pyridine rings is 1. The minimum atomic E-state index is -0.938. The zero-order chi connectivity index (χ0) is 26.4. The average Bonchev–Trinajstić information content (AvgIpc) is 2.89. The molecular weight excluding hydrogens is 511 g/mol. The highest BCUT2D eigenvalue weighted by atomic mass is 35.5. The number of anilines is 1. The van der Waals surface area contributed by atoms with Crippen LogP contribution in [0.5, 0.6) is 0 Å². The Bertz CT molecular complexity index is 1430. The van der Waals surface area contributed by atoms with Crippen molar-refractivity contribution in [3.63, 3.8) is 0 Å². The van der Waals surface area contributed by atoms with Gasteiger partial charge in [0.15, 0.2) is 5.78 Å².